The number of benzene rings is 1. The molecule has 2 heterocycles. The molecule has 0 spiro atoms. The first-order valence-corrected chi connectivity index (χ1v) is 13.0. The molecule has 2 aliphatic rings. The summed E-state index contributed by atoms with van der Waals surface area (Å²) in [6, 6.07) is 7.13. The lowest BCUT2D eigenvalue weighted by Gasteiger charge is -2.23. The van der Waals surface area contributed by atoms with Gasteiger partial charge in [0, 0.05) is 6.42 Å². The minimum absolute atomic E-state index is 0.169. The van der Waals surface area contributed by atoms with Crippen LogP contribution in [0.5, 0.6) is 0 Å². The highest BCUT2D eigenvalue weighted by atomic mass is 16.6. The summed E-state index contributed by atoms with van der Waals surface area (Å²) in [6.45, 7) is 4.69. The number of alkyl carbamates (subject to hydrolysis) is 1. The van der Waals surface area contributed by atoms with Crippen LogP contribution in [0.2, 0.25) is 0 Å². The Morgan fingerprint density at radius 3 is 2.10 bits per heavy atom. The lowest BCUT2D eigenvalue weighted by Crippen LogP contribution is -2.53. The maximum Gasteiger partial charge on any atom is 0.408 e. The van der Waals surface area contributed by atoms with Crippen molar-refractivity contribution in [1.29, 1.82) is 0 Å². The number of nitrogens with two attached hydrogens (primary N) is 1. The molecule has 5 amide bonds. The van der Waals surface area contributed by atoms with E-state index < -0.39 is 65.7 Å². The quantitative estimate of drug-likeness (QED) is 0.178. The van der Waals surface area contributed by atoms with Gasteiger partial charge in [0.15, 0.2) is 0 Å². The third kappa shape index (κ3) is 9.47. The van der Waals surface area contributed by atoms with E-state index >= 15 is 0 Å². The Labute approximate surface area is 232 Å². The van der Waals surface area contributed by atoms with Gasteiger partial charge in [-0.1, -0.05) is 30.3 Å². The molecule has 1 aromatic rings. The molecular weight excluding hydrogens is 524 g/mol. The molecule has 0 aliphatic carbocycles. The second-order valence-electron chi connectivity index (χ2n) is 10.5. The van der Waals surface area contributed by atoms with Crippen molar-refractivity contribution >= 4 is 29.7 Å². The van der Waals surface area contributed by atoms with Gasteiger partial charge in [0.1, 0.15) is 23.9 Å². The van der Waals surface area contributed by atoms with E-state index in [0.29, 0.717) is 0 Å². The molecule has 3 rings (SSSR count). The second kappa shape index (κ2) is 14.1. The van der Waals surface area contributed by atoms with Crippen molar-refractivity contribution in [3.63, 3.8) is 0 Å². The fourth-order valence-corrected chi connectivity index (χ4v) is 4.31. The Hall–Kier alpha value is -3.75. The Kier molecular flexibility index (Phi) is 10.8. The summed E-state index contributed by atoms with van der Waals surface area (Å²) in [5.41, 5.74) is 5.37. The van der Waals surface area contributed by atoms with Gasteiger partial charge in [-0.3, -0.25) is 19.2 Å². The van der Waals surface area contributed by atoms with E-state index in [1.165, 1.54) is 0 Å². The van der Waals surface area contributed by atoms with Gasteiger partial charge in [-0.05, 0) is 26.3 Å². The Morgan fingerprint density at radius 2 is 1.50 bits per heavy atom. The second-order valence-corrected chi connectivity index (χ2v) is 10.5. The summed E-state index contributed by atoms with van der Waals surface area (Å²) in [7, 11) is 0. The molecule has 5 atom stereocenters. The van der Waals surface area contributed by atoms with Gasteiger partial charge in [0.2, 0.25) is 23.6 Å². The van der Waals surface area contributed by atoms with Gasteiger partial charge in [0.25, 0.3) is 0 Å². The molecule has 0 saturated carbocycles. The molecule has 2 aliphatic heterocycles. The van der Waals surface area contributed by atoms with Crippen LogP contribution in [-0.2, 0) is 39.8 Å². The van der Waals surface area contributed by atoms with Crippen LogP contribution >= 0.6 is 0 Å². The smallest absolute Gasteiger partial charge is 0.408 e. The van der Waals surface area contributed by atoms with Crippen molar-refractivity contribution in [1.82, 2.24) is 26.6 Å². The van der Waals surface area contributed by atoms with Crippen molar-refractivity contribution in [2.75, 3.05) is 32.8 Å². The number of carbonyl (C=O) groups is 5. The lowest BCUT2D eigenvalue weighted by atomic mass is 10.1. The van der Waals surface area contributed by atoms with Crippen molar-refractivity contribution < 1.29 is 38.2 Å². The minimum Gasteiger partial charge on any atom is -0.444 e. The maximum absolute atomic E-state index is 12.9. The summed E-state index contributed by atoms with van der Waals surface area (Å²) in [5, 5.41) is 13.0. The van der Waals surface area contributed by atoms with Crippen LogP contribution in [0, 0.1) is 0 Å². The molecule has 2 saturated heterocycles. The number of nitrogens with one attached hydrogen (secondary N) is 5. The van der Waals surface area contributed by atoms with E-state index in [2.05, 4.69) is 26.6 Å². The van der Waals surface area contributed by atoms with E-state index in [9.17, 15) is 24.0 Å². The number of hydrogen-bond donors (Lipinski definition) is 6. The fourth-order valence-electron chi connectivity index (χ4n) is 4.31. The molecule has 40 heavy (non-hydrogen) atoms. The third-order valence-corrected chi connectivity index (χ3v) is 6.09. The van der Waals surface area contributed by atoms with Crippen LogP contribution in [-0.4, -0.2) is 98.5 Å². The number of amides is 5. The number of carbonyl (C=O) groups excluding carboxylic acids is 5. The standard InChI is InChI=1S/C26H38N6O8/c1-26(2,3)40-25(37)32-18-14-39-22-17(13-38-23(18)22)31-21(35)12-29-24(36)16(9-15-7-5-4-6-8-15)30-20(34)11-28-19(33)10-27/h4-8,16-18,22-23H,9-14,27H2,1-3H3,(H,28,33)(H,29,36)(H,30,34)(H,31,35)(H,32,37)/t16-,17-,18-,22+,23+/m0/s1. The van der Waals surface area contributed by atoms with Crippen molar-refractivity contribution in [3.8, 4) is 0 Å². The van der Waals surface area contributed by atoms with Gasteiger partial charge in [-0.25, -0.2) is 4.79 Å². The van der Waals surface area contributed by atoms with E-state index in [-0.39, 0.29) is 39.3 Å². The van der Waals surface area contributed by atoms with Crippen molar-refractivity contribution in [3.05, 3.63) is 35.9 Å². The number of ether oxygens (including phenoxy) is 3. The zero-order valence-corrected chi connectivity index (χ0v) is 22.9. The Morgan fingerprint density at radius 1 is 0.900 bits per heavy atom. The SMILES string of the molecule is CC(C)(C)OC(=O)N[C@H]1CO[C@H]2[C@@H]1OC[C@@H]2NC(=O)CNC(=O)[C@H](Cc1ccccc1)NC(=O)CNC(=O)CN. The van der Waals surface area contributed by atoms with Crippen molar-refractivity contribution in [2.24, 2.45) is 5.73 Å². The molecule has 2 fully saturated rings. The normalized spacial score (nSPS) is 22.4. The molecule has 0 aromatic heterocycles. The summed E-state index contributed by atoms with van der Waals surface area (Å²) in [5.74, 6) is -2.14. The van der Waals surface area contributed by atoms with E-state index in [1.54, 1.807) is 45.0 Å². The van der Waals surface area contributed by atoms with Crippen LogP contribution in [0.25, 0.3) is 0 Å². The largest absolute Gasteiger partial charge is 0.444 e. The van der Waals surface area contributed by atoms with Crippen molar-refractivity contribution in [2.45, 2.75) is 63.1 Å². The molecule has 7 N–H and O–H groups in total. The molecular formula is C26H38N6O8. The average Bonchev–Trinajstić information content (AvgIpc) is 3.48. The van der Waals surface area contributed by atoms with Crippen LogP contribution in [0.3, 0.4) is 0 Å². The highest BCUT2D eigenvalue weighted by Gasteiger charge is 2.49. The van der Waals surface area contributed by atoms with Gasteiger partial charge in [0.05, 0.1) is 44.9 Å². The zero-order valence-electron chi connectivity index (χ0n) is 22.9. The molecule has 0 bridgehead atoms. The van der Waals surface area contributed by atoms with E-state index in [4.69, 9.17) is 19.9 Å². The predicted molar refractivity (Wildman–Crippen MR) is 142 cm³/mol. The number of fused-ring (bicyclic) bond motifs is 1. The monoisotopic (exact) mass is 562 g/mol. The Bertz CT molecular complexity index is 1060. The van der Waals surface area contributed by atoms with Gasteiger partial charge in [-0.15, -0.1) is 0 Å². The fraction of sp³-hybridized carbons (Fsp3) is 0.577. The highest BCUT2D eigenvalue weighted by molar-refractivity contribution is 5.92. The highest BCUT2D eigenvalue weighted by Crippen LogP contribution is 2.27. The first-order valence-electron chi connectivity index (χ1n) is 13.0. The molecule has 14 nitrogen and oxygen atoms in total. The first kappa shape index (κ1) is 30.8. The zero-order chi connectivity index (χ0) is 29.3. The number of rotatable bonds is 11. The van der Waals surface area contributed by atoms with E-state index in [0.717, 1.165) is 5.56 Å². The Balaban J connectivity index is 1.49. The summed E-state index contributed by atoms with van der Waals surface area (Å²) < 4.78 is 16.8. The third-order valence-electron chi connectivity index (χ3n) is 6.09. The van der Waals surface area contributed by atoms with Gasteiger partial charge < -0.3 is 46.5 Å². The average molecular weight is 563 g/mol. The van der Waals surface area contributed by atoms with Crippen LogP contribution in [0.4, 0.5) is 4.79 Å². The minimum atomic E-state index is -0.991. The summed E-state index contributed by atoms with van der Waals surface area (Å²) >= 11 is 0. The molecule has 14 heteroatoms. The van der Waals surface area contributed by atoms with Crippen LogP contribution < -0.4 is 32.3 Å². The number of hydrogen-bond acceptors (Lipinski definition) is 9. The lowest BCUT2D eigenvalue weighted by molar-refractivity contribution is -0.131. The van der Waals surface area contributed by atoms with Gasteiger partial charge in [-0.2, -0.15) is 0 Å². The van der Waals surface area contributed by atoms with Crippen LogP contribution in [0.1, 0.15) is 26.3 Å². The molecule has 220 valence electrons. The van der Waals surface area contributed by atoms with E-state index in [1.807, 2.05) is 6.07 Å². The summed E-state index contributed by atoms with van der Waals surface area (Å²) in [6.07, 6.45) is -1.35. The predicted octanol–water partition coefficient (Wildman–Crippen LogP) is -1.92. The molecule has 0 radical (unpaired) electrons. The topological polar surface area (TPSA) is 199 Å². The molecule has 0 unspecified atom stereocenters. The summed E-state index contributed by atoms with van der Waals surface area (Å²) in [4.78, 5) is 61.4. The van der Waals surface area contributed by atoms with Crippen LogP contribution in [0.15, 0.2) is 30.3 Å². The molecule has 1 aromatic carbocycles. The van der Waals surface area contributed by atoms with Gasteiger partial charge >= 0.3 is 6.09 Å². The maximum atomic E-state index is 12.9. The first-order chi connectivity index (χ1) is 18.9.